The molecule has 0 aliphatic heterocycles. The zero-order valence-electron chi connectivity index (χ0n) is 17.7. The maximum atomic E-state index is 13.1. The fraction of sp³-hybridized carbons (Fsp3) is 0.391. The molecule has 0 radical (unpaired) electrons. The molecule has 2 aromatic rings. The van der Waals surface area contributed by atoms with E-state index in [2.05, 4.69) is 12.2 Å². The number of halogens is 1. The Labute approximate surface area is 188 Å². The molecule has 0 aliphatic carbocycles. The number of carbonyl (C=O) groups excluding carboxylic acids is 2. The van der Waals surface area contributed by atoms with E-state index in [0.717, 1.165) is 29.1 Å². The lowest BCUT2D eigenvalue weighted by Gasteiger charge is -2.29. The maximum absolute atomic E-state index is 13.1. The van der Waals surface area contributed by atoms with Crippen molar-refractivity contribution in [3.05, 3.63) is 59.1 Å². The normalized spacial score (nSPS) is 11.6. The molecule has 0 spiro atoms. The van der Waals surface area contributed by atoms with Gasteiger partial charge in [0.2, 0.25) is 11.8 Å². The summed E-state index contributed by atoms with van der Waals surface area (Å²) in [6, 6.07) is 14.3. The molecule has 0 bridgehead atoms. The van der Waals surface area contributed by atoms with Crippen molar-refractivity contribution in [2.24, 2.45) is 0 Å². The quantitative estimate of drug-likeness (QED) is 0.397. The summed E-state index contributed by atoms with van der Waals surface area (Å²) < 4.78 is 5.29. The van der Waals surface area contributed by atoms with E-state index in [9.17, 15) is 9.59 Å². The third kappa shape index (κ3) is 7.58. The molecule has 1 atom stereocenters. The number of unbranched alkanes of at least 4 members (excludes halogenated alkanes) is 1. The third-order valence-corrected chi connectivity index (χ3v) is 5.91. The van der Waals surface area contributed by atoms with E-state index >= 15 is 0 Å². The molecule has 0 aliphatic rings. The molecule has 0 aromatic heterocycles. The monoisotopic (exact) mass is 448 g/mol. The Morgan fingerprint density at radius 1 is 1.20 bits per heavy atom. The minimum atomic E-state index is -0.577. The Balaban J connectivity index is 2.12. The SMILES string of the molecule is CCCCNC(=O)[C@H](C)N(Cc1cccc(OC)c1)C(=O)CSc1ccc(Cl)cc1. The summed E-state index contributed by atoms with van der Waals surface area (Å²) >= 11 is 7.36. The first-order valence-electron chi connectivity index (χ1n) is 10.0. The van der Waals surface area contributed by atoms with Crippen molar-refractivity contribution in [3.63, 3.8) is 0 Å². The van der Waals surface area contributed by atoms with Crippen LogP contribution in [-0.2, 0) is 16.1 Å². The number of nitrogens with zero attached hydrogens (tertiary/aromatic N) is 1. The van der Waals surface area contributed by atoms with Gasteiger partial charge in [0.25, 0.3) is 0 Å². The number of carbonyl (C=O) groups is 2. The van der Waals surface area contributed by atoms with Gasteiger partial charge in [-0.3, -0.25) is 9.59 Å². The minimum absolute atomic E-state index is 0.101. The van der Waals surface area contributed by atoms with Crippen LogP contribution in [0.15, 0.2) is 53.4 Å². The predicted octanol–water partition coefficient (Wildman–Crippen LogP) is 4.77. The van der Waals surface area contributed by atoms with E-state index in [4.69, 9.17) is 16.3 Å². The Bertz CT molecular complexity index is 829. The Morgan fingerprint density at radius 3 is 2.60 bits per heavy atom. The zero-order valence-corrected chi connectivity index (χ0v) is 19.3. The van der Waals surface area contributed by atoms with Crippen LogP contribution in [0.25, 0.3) is 0 Å². The maximum Gasteiger partial charge on any atom is 0.242 e. The molecule has 2 amide bonds. The topological polar surface area (TPSA) is 58.6 Å². The molecular formula is C23H29ClN2O3S. The highest BCUT2D eigenvalue weighted by molar-refractivity contribution is 8.00. The van der Waals surface area contributed by atoms with Gasteiger partial charge in [0, 0.05) is 23.0 Å². The van der Waals surface area contributed by atoms with E-state index in [1.807, 2.05) is 36.4 Å². The second-order valence-electron chi connectivity index (χ2n) is 6.94. The summed E-state index contributed by atoms with van der Waals surface area (Å²) in [6.45, 7) is 4.79. The number of thioether (sulfide) groups is 1. The highest BCUT2D eigenvalue weighted by Crippen LogP contribution is 2.22. The largest absolute Gasteiger partial charge is 0.497 e. The van der Waals surface area contributed by atoms with Crippen LogP contribution >= 0.6 is 23.4 Å². The fourth-order valence-electron chi connectivity index (χ4n) is 2.85. The average Bonchev–Trinajstić information content (AvgIpc) is 2.76. The van der Waals surface area contributed by atoms with Gasteiger partial charge in [-0.15, -0.1) is 11.8 Å². The molecule has 30 heavy (non-hydrogen) atoms. The third-order valence-electron chi connectivity index (χ3n) is 4.66. The number of methoxy groups -OCH3 is 1. The number of hydrogen-bond acceptors (Lipinski definition) is 4. The number of nitrogens with one attached hydrogen (secondary N) is 1. The number of hydrogen-bond donors (Lipinski definition) is 1. The van der Waals surface area contributed by atoms with Crippen molar-refractivity contribution in [1.29, 1.82) is 0 Å². The van der Waals surface area contributed by atoms with Crippen LogP contribution in [0.3, 0.4) is 0 Å². The van der Waals surface area contributed by atoms with Gasteiger partial charge in [-0.1, -0.05) is 37.1 Å². The lowest BCUT2D eigenvalue weighted by molar-refractivity contribution is -0.138. The molecular weight excluding hydrogens is 420 g/mol. The molecule has 2 rings (SSSR count). The van der Waals surface area contributed by atoms with Gasteiger partial charge in [0.05, 0.1) is 12.9 Å². The highest BCUT2D eigenvalue weighted by Gasteiger charge is 2.26. The summed E-state index contributed by atoms with van der Waals surface area (Å²) in [5.41, 5.74) is 0.910. The van der Waals surface area contributed by atoms with Gasteiger partial charge in [0.15, 0.2) is 0 Å². The second-order valence-corrected chi connectivity index (χ2v) is 8.42. The van der Waals surface area contributed by atoms with Crippen molar-refractivity contribution in [2.75, 3.05) is 19.4 Å². The summed E-state index contributed by atoms with van der Waals surface area (Å²) in [4.78, 5) is 28.3. The predicted molar refractivity (Wildman–Crippen MR) is 123 cm³/mol. The average molecular weight is 449 g/mol. The number of amides is 2. The zero-order chi connectivity index (χ0) is 21.9. The van der Waals surface area contributed by atoms with Crippen molar-refractivity contribution in [1.82, 2.24) is 10.2 Å². The first-order chi connectivity index (χ1) is 14.4. The Kier molecular flexibility index (Phi) is 10.0. The minimum Gasteiger partial charge on any atom is -0.497 e. The van der Waals surface area contributed by atoms with Crippen LogP contribution in [-0.4, -0.2) is 42.2 Å². The van der Waals surface area contributed by atoms with Crippen LogP contribution in [0.2, 0.25) is 5.02 Å². The molecule has 162 valence electrons. The van der Waals surface area contributed by atoms with E-state index in [-0.39, 0.29) is 17.6 Å². The van der Waals surface area contributed by atoms with Gasteiger partial charge in [-0.25, -0.2) is 0 Å². The number of ether oxygens (including phenoxy) is 1. The first-order valence-corrected chi connectivity index (χ1v) is 11.4. The van der Waals surface area contributed by atoms with Gasteiger partial charge in [-0.2, -0.15) is 0 Å². The molecule has 0 unspecified atom stereocenters. The van der Waals surface area contributed by atoms with Crippen molar-refractivity contribution >= 4 is 35.2 Å². The smallest absolute Gasteiger partial charge is 0.242 e. The fourth-order valence-corrected chi connectivity index (χ4v) is 3.76. The lowest BCUT2D eigenvalue weighted by atomic mass is 10.1. The molecule has 0 saturated carbocycles. The lowest BCUT2D eigenvalue weighted by Crippen LogP contribution is -2.48. The number of rotatable bonds is 11. The Morgan fingerprint density at radius 2 is 1.93 bits per heavy atom. The van der Waals surface area contributed by atoms with Crippen LogP contribution in [0.5, 0.6) is 5.75 Å². The summed E-state index contributed by atoms with van der Waals surface area (Å²) in [5, 5.41) is 3.58. The van der Waals surface area contributed by atoms with Gasteiger partial charge in [0.1, 0.15) is 11.8 Å². The van der Waals surface area contributed by atoms with E-state index in [1.165, 1.54) is 11.8 Å². The summed E-state index contributed by atoms with van der Waals surface area (Å²) in [5.74, 6) is 0.709. The van der Waals surface area contributed by atoms with Crippen molar-refractivity contribution in [3.8, 4) is 5.75 Å². The molecule has 1 N–H and O–H groups in total. The second kappa shape index (κ2) is 12.5. The van der Waals surface area contributed by atoms with Crippen molar-refractivity contribution < 1.29 is 14.3 Å². The van der Waals surface area contributed by atoms with Crippen molar-refractivity contribution in [2.45, 2.75) is 44.2 Å². The molecule has 0 heterocycles. The van der Waals surface area contributed by atoms with Gasteiger partial charge >= 0.3 is 0 Å². The van der Waals surface area contributed by atoms with E-state index < -0.39 is 6.04 Å². The van der Waals surface area contributed by atoms with Crippen LogP contribution in [0.4, 0.5) is 0 Å². The van der Waals surface area contributed by atoms with Crippen LogP contribution in [0, 0.1) is 0 Å². The summed E-state index contributed by atoms with van der Waals surface area (Å²) in [6.07, 6.45) is 1.91. The van der Waals surface area contributed by atoms with Gasteiger partial charge < -0.3 is 15.0 Å². The molecule has 2 aromatic carbocycles. The molecule has 5 nitrogen and oxygen atoms in total. The van der Waals surface area contributed by atoms with Gasteiger partial charge in [-0.05, 0) is 55.3 Å². The summed E-state index contributed by atoms with van der Waals surface area (Å²) in [7, 11) is 1.61. The molecule has 7 heteroatoms. The standard InChI is InChI=1S/C23H29ClN2O3S/c1-4-5-13-25-23(28)17(2)26(15-18-7-6-8-20(14-18)29-3)22(27)16-30-21-11-9-19(24)10-12-21/h6-12,14,17H,4-5,13,15-16H2,1-3H3,(H,25,28)/t17-/m0/s1. The Hall–Kier alpha value is -2.18. The van der Waals surface area contributed by atoms with E-state index in [0.29, 0.717) is 18.1 Å². The molecule has 0 fully saturated rings. The van der Waals surface area contributed by atoms with E-state index in [1.54, 1.807) is 31.1 Å². The first kappa shape index (κ1) is 24.1. The highest BCUT2D eigenvalue weighted by atomic mass is 35.5. The van der Waals surface area contributed by atoms with Crippen LogP contribution < -0.4 is 10.1 Å². The van der Waals surface area contributed by atoms with Crippen LogP contribution in [0.1, 0.15) is 32.3 Å². The number of benzene rings is 2. The molecule has 0 saturated heterocycles.